The molecule has 0 unspecified atom stereocenters. The number of esters is 1. The Morgan fingerprint density at radius 3 is 2.57 bits per heavy atom. The molecule has 1 saturated heterocycles. The fraction of sp³-hybridized carbons (Fsp3) is 0.455. The summed E-state index contributed by atoms with van der Waals surface area (Å²) in [6.07, 6.45) is 4.58. The van der Waals surface area contributed by atoms with Crippen LogP contribution in [0.15, 0.2) is 42.6 Å². The highest BCUT2D eigenvalue weighted by Crippen LogP contribution is 2.40. The molecule has 1 aliphatic heterocycles. The van der Waals surface area contributed by atoms with Crippen LogP contribution in [0.3, 0.4) is 0 Å². The molecule has 1 saturated carbocycles. The summed E-state index contributed by atoms with van der Waals surface area (Å²) in [6, 6.07) is 10.5. The van der Waals surface area contributed by atoms with E-state index in [0.717, 1.165) is 5.69 Å². The highest BCUT2D eigenvalue weighted by Gasteiger charge is 2.35. The maximum atomic E-state index is 12.6. The molecule has 0 spiro atoms. The van der Waals surface area contributed by atoms with E-state index in [9.17, 15) is 13.6 Å². The van der Waals surface area contributed by atoms with E-state index in [4.69, 9.17) is 9.47 Å². The van der Waals surface area contributed by atoms with Crippen molar-refractivity contribution in [3.63, 3.8) is 0 Å². The van der Waals surface area contributed by atoms with Gasteiger partial charge in [0.1, 0.15) is 6.10 Å². The van der Waals surface area contributed by atoms with E-state index in [-0.39, 0.29) is 18.8 Å². The number of alkyl halides is 2. The van der Waals surface area contributed by atoms with Crippen molar-refractivity contribution in [2.24, 2.45) is 0 Å². The number of pyridine rings is 1. The van der Waals surface area contributed by atoms with Crippen LogP contribution in [0, 0.1) is 0 Å². The molecule has 4 rings (SSSR count). The Kier molecular flexibility index (Phi) is 6.13. The van der Waals surface area contributed by atoms with E-state index in [0.29, 0.717) is 30.3 Å². The number of carbonyl (C=O) groups is 1. The molecule has 30 heavy (non-hydrogen) atoms. The number of hydrogen-bond donors (Lipinski definition) is 0. The predicted octanol–water partition coefficient (Wildman–Crippen LogP) is 4.01. The smallest absolute Gasteiger partial charge is 0.345 e. The van der Waals surface area contributed by atoms with Crippen molar-refractivity contribution < 1.29 is 27.8 Å². The van der Waals surface area contributed by atoms with Crippen molar-refractivity contribution in [1.29, 1.82) is 0 Å². The summed E-state index contributed by atoms with van der Waals surface area (Å²) in [5, 5.41) is 0. The van der Waals surface area contributed by atoms with Crippen LogP contribution in [0.25, 0.3) is 0 Å². The molecule has 2 heterocycles. The predicted molar refractivity (Wildman–Crippen MR) is 106 cm³/mol. The van der Waals surface area contributed by atoms with Crippen molar-refractivity contribution in [3.05, 3.63) is 53.7 Å². The summed E-state index contributed by atoms with van der Waals surface area (Å²) in [6.45, 7) is -2.45. The minimum absolute atomic E-state index is 0.121. The zero-order chi connectivity index (χ0) is 21.1. The van der Waals surface area contributed by atoms with Crippen LogP contribution in [-0.2, 0) is 9.47 Å². The summed E-state index contributed by atoms with van der Waals surface area (Å²) in [7, 11) is 1.32. The van der Waals surface area contributed by atoms with Crippen molar-refractivity contribution in [3.8, 4) is 5.88 Å². The molecule has 0 bridgehead atoms. The molecule has 0 N–H and O–H groups in total. The Hall–Kier alpha value is -2.74. The number of ether oxygens (including phenoxy) is 3. The number of methoxy groups -OCH3 is 1. The summed E-state index contributed by atoms with van der Waals surface area (Å²) in [5.74, 6) is 0.723. The van der Waals surface area contributed by atoms with Gasteiger partial charge in [-0.15, -0.1) is 0 Å². The number of aromatic nitrogens is 1. The highest BCUT2D eigenvalue weighted by atomic mass is 19.3. The molecular weight excluding hydrogens is 394 g/mol. The molecule has 8 heteroatoms. The van der Waals surface area contributed by atoms with Gasteiger partial charge in [-0.1, -0.05) is 6.07 Å². The molecule has 0 amide bonds. The van der Waals surface area contributed by atoms with Crippen LogP contribution in [0.4, 0.5) is 14.5 Å². The lowest BCUT2D eigenvalue weighted by molar-refractivity contribution is -0.131. The van der Waals surface area contributed by atoms with Crippen molar-refractivity contribution in [2.75, 3.05) is 25.2 Å². The van der Waals surface area contributed by atoms with Crippen LogP contribution < -0.4 is 9.64 Å². The fourth-order valence-corrected chi connectivity index (χ4v) is 3.81. The lowest BCUT2D eigenvalue weighted by atomic mass is 10.1. The standard InChI is InChI=1S/C22H24F2N2O4/c1-28-21(27)15-4-7-17(8-5-15)26-12-19(10-18(26)13-29-22(23)24)30-20-9-6-16(11-25-20)14-2-3-14/h4-9,11,14,18-19,22H,2-3,10,12-13H2,1H3/t18-,19-/m0/s1. The zero-order valence-corrected chi connectivity index (χ0v) is 16.7. The summed E-state index contributed by atoms with van der Waals surface area (Å²) in [4.78, 5) is 18.0. The quantitative estimate of drug-likeness (QED) is 0.604. The van der Waals surface area contributed by atoms with Gasteiger partial charge in [-0.2, -0.15) is 8.78 Å². The van der Waals surface area contributed by atoms with E-state index < -0.39 is 12.6 Å². The Labute approximate surface area is 173 Å². The van der Waals surface area contributed by atoms with Crippen LogP contribution in [0.5, 0.6) is 5.88 Å². The molecule has 2 aromatic rings. The molecule has 160 valence electrons. The highest BCUT2D eigenvalue weighted by molar-refractivity contribution is 5.89. The molecule has 1 aromatic carbocycles. The van der Waals surface area contributed by atoms with Gasteiger partial charge < -0.3 is 19.1 Å². The largest absolute Gasteiger partial charge is 0.472 e. The minimum Gasteiger partial charge on any atom is -0.472 e. The Morgan fingerprint density at radius 1 is 1.20 bits per heavy atom. The van der Waals surface area contributed by atoms with Crippen LogP contribution in [0.1, 0.15) is 41.1 Å². The molecule has 0 radical (unpaired) electrons. The fourth-order valence-electron chi connectivity index (χ4n) is 3.81. The lowest BCUT2D eigenvalue weighted by Gasteiger charge is -2.26. The van der Waals surface area contributed by atoms with Gasteiger partial charge in [-0.25, -0.2) is 9.78 Å². The Bertz CT molecular complexity index is 856. The third-order valence-electron chi connectivity index (χ3n) is 5.51. The average Bonchev–Trinajstić information content (AvgIpc) is 3.53. The van der Waals surface area contributed by atoms with Gasteiger partial charge in [0.05, 0.1) is 31.9 Å². The van der Waals surface area contributed by atoms with Gasteiger partial charge in [0.15, 0.2) is 0 Å². The van der Waals surface area contributed by atoms with E-state index >= 15 is 0 Å². The maximum Gasteiger partial charge on any atom is 0.345 e. The van der Waals surface area contributed by atoms with Gasteiger partial charge in [-0.3, -0.25) is 0 Å². The molecule has 6 nitrogen and oxygen atoms in total. The molecule has 1 aromatic heterocycles. The first-order chi connectivity index (χ1) is 14.5. The normalized spacial score (nSPS) is 21.1. The summed E-state index contributed by atoms with van der Waals surface area (Å²) < 4.78 is 40.6. The van der Waals surface area contributed by atoms with E-state index in [2.05, 4.69) is 9.72 Å². The van der Waals surface area contributed by atoms with E-state index in [1.54, 1.807) is 24.3 Å². The van der Waals surface area contributed by atoms with Crippen molar-refractivity contribution in [2.45, 2.75) is 43.9 Å². The Morgan fingerprint density at radius 2 is 1.97 bits per heavy atom. The second-order valence-electron chi connectivity index (χ2n) is 7.62. The monoisotopic (exact) mass is 418 g/mol. The average molecular weight is 418 g/mol. The van der Waals surface area contributed by atoms with Crippen LogP contribution in [-0.4, -0.2) is 50.0 Å². The van der Waals surface area contributed by atoms with Crippen molar-refractivity contribution >= 4 is 11.7 Å². The molecule has 2 aliphatic rings. The summed E-state index contributed by atoms with van der Waals surface area (Å²) >= 11 is 0. The third kappa shape index (κ3) is 4.87. The van der Waals surface area contributed by atoms with Crippen LogP contribution in [0.2, 0.25) is 0 Å². The second-order valence-corrected chi connectivity index (χ2v) is 7.62. The van der Waals surface area contributed by atoms with E-state index in [1.165, 1.54) is 25.5 Å². The Balaban J connectivity index is 1.45. The molecule has 2 atom stereocenters. The molecular formula is C22H24F2N2O4. The number of halogens is 2. The third-order valence-corrected chi connectivity index (χ3v) is 5.51. The second kappa shape index (κ2) is 8.95. The van der Waals surface area contributed by atoms with Gasteiger partial charge >= 0.3 is 12.6 Å². The first kappa shape index (κ1) is 20.5. The first-order valence-corrected chi connectivity index (χ1v) is 10.0. The number of anilines is 1. The van der Waals surface area contributed by atoms with Gasteiger partial charge in [0, 0.05) is 24.4 Å². The number of rotatable bonds is 8. The number of benzene rings is 1. The SMILES string of the molecule is COC(=O)c1ccc(N2C[C@@H](Oc3ccc(C4CC4)cn3)C[C@H]2COC(F)F)cc1. The topological polar surface area (TPSA) is 60.9 Å². The summed E-state index contributed by atoms with van der Waals surface area (Å²) in [5.41, 5.74) is 2.45. The molecule has 1 aliphatic carbocycles. The van der Waals surface area contributed by atoms with Crippen molar-refractivity contribution in [1.82, 2.24) is 4.98 Å². The van der Waals surface area contributed by atoms with E-state index in [1.807, 2.05) is 23.2 Å². The maximum absolute atomic E-state index is 12.6. The zero-order valence-electron chi connectivity index (χ0n) is 16.7. The van der Waals surface area contributed by atoms with Gasteiger partial charge in [0.2, 0.25) is 5.88 Å². The number of carbonyl (C=O) groups excluding carboxylic acids is 1. The first-order valence-electron chi connectivity index (χ1n) is 10.0. The molecule has 2 fully saturated rings. The van der Waals surface area contributed by atoms with Gasteiger partial charge in [-0.05, 0) is 48.6 Å². The number of nitrogens with zero attached hydrogens (tertiary/aromatic N) is 2. The number of hydrogen-bond acceptors (Lipinski definition) is 6. The lowest BCUT2D eigenvalue weighted by Crippen LogP contribution is -2.34. The van der Waals surface area contributed by atoms with Gasteiger partial charge in [0.25, 0.3) is 0 Å². The van der Waals surface area contributed by atoms with Crippen LogP contribution >= 0.6 is 0 Å². The minimum atomic E-state index is -2.83.